The van der Waals surface area contributed by atoms with Gasteiger partial charge in [0.1, 0.15) is 5.82 Å². The molecule has 1 fully saturated rings. The standard InChI is InChI=1S/C20H18F3N2O6PS/c1-8-15(12(21)6-11-16(8)25(9-2-3-9)19(27)24-18(11)26)14-7-10-13(33-14)4-5-20(22,23)17(10)31-32(28,29)30/h6-7,9,17H,2-5H2,1H3,(H,24,26,27)(H2,28,29,30). The van der Waals surface area contributed by atoms with Crippen LogP contribution in [-0.4, -0.2) is 25.3 Å². The summed E-state index contributed by atoms with van der Waals surface area (Å²) < 4.78 is 61.4. The molecular formula is C20H18F3N2O6PS. The first-order valence-corrected chi connectivity index (χ1v) is 12.4. The third-order valence-electron chi connectivity index (χ3n) is 6.01. The van der Waals surface area contributed by atoms with Gasteiger partial charge < -0.3 is 9.79 Å². The number of aromatic nitrogens is 2. The molecule has 5 rings (SSSR count). The van der Waals surface area contributed by atoms with Crippen molar-refractivity contribution in [2.75, 3.05) is 0 Å². The quantitative estimate of drug-likeness (QED) is 0.465. The summed E-state index contributed by atoms with van der Waals surface area (Å²) in [5.41, 5.74) is -0.810. The van der Waals surface area contributed by atoms with Crippen LogP contribution in [0, 0.1) is 12.7 Å². The van der Waals surface area contributed by atoms with Gasteiger partial charge in [-0.15, -0.1) is 11.3 Å². The molecular weight excluding hydrogens is 484 g/mol. The van der Waals surface area contributed by atoms with Crippen molar-refractivity contribution >= 4 is 30.1 Å². The molecule has 2 heterocycles. The van der Waals surface area contributed by atoms with E-state index in [0.29, 0.717) is 10.4 Å². The van der Waals surface area contributed by atoms with E-state index < -0.39 is 43.3 Å². The average molecular weight is 502 g/mol. The Morgan fingerprint density at radius 2 is 1.97 bits per heavy atom. The molecule has 33 heavy (non-hydrogen) atoms. The van der Waals surface area contributed by atoms with Crippen LogP contribution in [0.1, 0.15) is 47.4 Å². The maximum absolute atomic E-state index is 15.2. The third-order valence-corrected chi connectivity index (χ3v) is 7.73. The van der Waals surface area contributed by atoms with Crippen LogP contribution >= 0.6 is 19.2 Å². The molecule has 1 unspecified atom stereocenters. The number of hydrogen-bond acceptors (Lipinski definition) is 5. The summed E-state index contributed by atoms with van der Waals surface area (Å²) >= 11 is 1.01. The molecule has 0 bridgehead atoms. The van der Waals surface area contributed by atoms with E-state index in [4.69, 9.17) is 9.79 Å². The monoisotopic (exact) mass is 502 g/mol. The highest BCUT2D eigenvalue weighted by molar-refractivity contribution is 7.46. The maximum Gasteiger partial charge on any atom is 0.470 e. The predicted octanol–water partition coefficient (Wildman–Crippen LogP) is 3.93. The first-order valence-electron chi connectivity index (χ1n) is 10.1. The normalized spacial score (nSPS) is 20.2. The summed E-state index contributed by atoms with van der Waals surface area (Å²) in [6, 6.07) is 2.15. The lowest BCUT2D eigenvalue weighted by Crippen LogP contribution is -2.32. The number of nitrogens with zero attached hydrogens (tertiary/aromatic N) is 1. The Kier molecular flexibility index (Phi) is 5.04. The summed E-state index contributed by atoms with van der Waals surface area (Å²) in [6.45, 7) is 1.55. The summed E-state index contributed by atoms with van der Waals surface area (Å²) in [7, 11) is -5.23. The molecule has 0 radical (unpaired) electrons. The predicted molar refractivity (Wildman–Crippen MR) is 114 cm³/mol. The van der Waals surface area contributed by atoms with Crippen LogP contribution in [0.4, 0.5) is 13.2 Å². The number of alkyl halides is 2. The number of nitrogens with one attached hydrogen (secondary N) is 1. The molecule has 0 saturated heterocycles. The summed E-state index contributed by atoms with van der Waals surface area (Å²) in [5.74, 6) is -4.30. The van der Waals surface area contributed by atoms with Crippen molar-refractivity contribution in [1.82, 2.24) is 9.55 Å². The van der Waals surface area contributed by atoms with Gasteiger partial charge in [0.15, 0.2) is 6.10 Å². The van der Waals surface area contributed by atoms with Crippen molar-refractivity contribution in [3.63, 3.8) is 0 Å². The SMILES string of the molecule is Cc1c(-c2cc3c(s2)CCC(F)(F)C3OP(=O)(O)O)c(F)cc2c(=O)[nH]c(=O)n(C3CC3)c12. The molecule has 1 aromatic carbocycles. The van der Waals surface area contributed by atoms with Gasteiger partial charge in [-0.1, -0.05) is 0 Å². The van der Waals surface area contributed by atoms with Crippen LogP contribution in [-0.2, 0) is 15.5 Å². The van der Waals surface area contributed by atoms with E-state index in [1.807, 2.05) is 0 Å². The lowest BCUT2D eigenvalue weighted by Gasteiger charge is -2.31. The maximum atomic E-state index is 15.2. The highest BCUT2D eigenvalue weighted by Crippen LogP contribution is 2.55. The van der Waals surface area contributed by atoms with Crippen molar-refractivity contribution < 1.29 is 32.0 Å². The fraction of sp³-hybridized carbons (Fsp3) is 0.400. The molecule has 2 aromatic heterocycles. The Morgan fingerprint density at radius 3 is 2.61 bits per heavy atom. The van der Waals surface area contributed by atoms with Crippen LogP contribution in [0.5, 0.6) is 0 Å². The van der Waals surface area contributed by atoms with Crippen LogP contribution < -0.4 is 11.2 Å². The second kappa shape index (κ2) is 7.38. The second-order valence-corrected chi connectivity index (χ2v) is 10.7. The molecule has 2 aliphatic carbocycles. The number of H-pyrrole nitrogens is 1. The number of fused-ring (bicyclic) bond motifs is 2. The molecule has 13 heteroatoms. The molecule has 3 aromatic rings. The summed E-state index contributed by atoms with van der Waals surface area (Å²) in [6.07, 6.45) is -1.47. The lowest BCUT2D eigenvalue weighted by atomic mass is 9.92. The molecule has 3 N–H and O–H groups in total. The average Bonchev–Trinajstić information content (AvgIpc) is 3.43. The van der Waals surface area contributed by atoms with Gasteiger partial charge in [0.25, 0.3) is 11.5 Å². The minimum Gasteiger partial charge on any atom is -0.303 e. The fourth-order valence-corrected chi connectivity index (χ4v) is 6.29. The van der Waals surface area contributed by atoms with Gasteiger partial charge >= 0.3 is 13.5 Å². The van der Waals surface area contributed by atoms with Gasteiger partial charge in [-0.25, -0.2) is 22.5 Å². The Hall–Kier alpha value is -2.24. The van der Waals surface area contributed by atoms with E-state index in [-0.39, 0.29) is 39.4 Å². The van der Waals surface area contributed by atoms with Gasteiger partial charge in [-0.2, -0.15) is 0 Å². The zero-order chi connectivity index (χ0) is 23.9. The Bertz CT molecular complexity index is 1470. The molecule has 1 atom stereocenters. The van der Waals surface area contributed by atoms with E-state index >= 15 is 4.39 Å². The number of benzene rings is 1. The molecule has 8 nitrogen and oxygen atoms in total. The van der Waals surface area contributed by atoms with Crippen LogP contribution in [0.3, 0.4) is 0 Å². The van der Waals surface area contributed by atoms with Gasteiger partial charge in [-0.05, 0) is 43.9 Å². The van der Waals surface area contributed by atoms with Crippen molar-refractivity contribution in [2.45, 2.75) is 50.7 Å². The number of aryl methyl sites for hydroxylation is 2. The molecule has 176 valence electrons. The van der Waals surface area contributed by atoms with Crippen LogP contribution in [0.2, 0.25) is 0 Å². The van der Waals surface area contributed by atoms with E-state index in [9.17, 15) is 22.9 Å². The summed E-state index contributed by atoms with van der Waals surface area (Å²) in [4.78, 5) is 45.9. The van der Waals surface area contributed by atoms with Gasteiger partial charge in [0.05, 0.1) is 10.9 Å². The number of thiophene rings is 1. The number of phosphoric acid groups is 1. The number of rotatable bonds is 4. The lowest BCUT2D eigenvalue weighted by molar-refractivity contribution is -0.116. The van der Waals surface area contributed by atoms with Crippen molar-refractivity contribution in [3.05, 3.63) is 54.8 Å². The topological polar surface area (TPSA) is 122 Å². The van der Waals surface area contributed by atoms with Crippen molar-refractivity contribution in [2.24, 2.45) is 0 Å². The Labute approximate surface area is 187 Å². The molecule has 1 saturated carbocycles. The number of aromatic amines is 1. The van der Waals surface area contributed by atoms with Gasteiger partial charge in [-0.3, -0.25) is 18.9 Å². The smallest absolute Gasteiger partial charge is 0.303 e. The number of hydrogen-bond donors (Lipinski definition) is 3. The first-order chi connectivity index (χ1) is 15.4. The van der Waals surface area contributed by atoms with E-state index in [0.717, 1.165) is 30.2 Å². The second-order valence-electron chi connectivity index (χ2n) is 8.34. The van der Waals surface area contributed by atoms with E-state index in [1.54, 1.807) is 6.92 Å². The van der Waals surface area contributed by atoms with Gasteiger partial charge in [0.2, 0.25) is 0 Å². The number of phosphoric ester groups is 1. The number of halogens is 3. The zero-order valence-electron chi connectivity index (χ0n) is 17.1. The molecule has 0 aliphatic heterocycles. The highest BCUT2D eigenvalue weighted by atomic mass is 32.1. The van der Waals surface area contributed by atoms with E-state index in [1.165, 1.54) is 10.6 Å². The largest absolute Gasteiger partial charge is 0.470 e. The molecule has 2 aliphatic rings. The zero-order valence-corrected chi connectivity index (χ0v) is 18.8. The summed E-state index contributed by atoms with van der Waals surface area (Å²) in [5, 5.41) is 0.0100. The van der Waals surface area contributed by atoms with Gasteiger partial charge in [0, 0.05) is 33.3 Å². The minimum atomic E-state index is -5.23. The van der Waals surface area contributed by atoms with Crippen molar-refractivity contribution in [1.29, 1.82) is 0 Å². The first kappa shape index (κ1) is 22.5. The Balaban J connectivity index is 1.73. The third kappa shape index (κ3) is 3.79. The molecule has 0 amide bonds. The Morgan fingerprint density at radius 1 is 1.27 bits per heavy atom. The minimum absolute atomic E-state index is 0.0100. The fourth-order valence-electron chi connectivity index (χ4n) is 4.45. The van der Waals surface area contributed by atoms with Crippen molar-refractivity contribution in [3.8, 4) is 10.4 Å². The van der Waals surface area contributed by atoms with Crippen LogP contribution in [0.15, 0.2) is 21.7 Å². The van der Waals surface area contributed by atoms with Crippen LogP contribution in [0.25, 0.3) is 21.3 Å². The highest BCUT2D eigenvalue weighted by Gasteiger charge is 2.49. The molecule has 0 spiro atoms. The van der Waals surface area contributed by atoms with E-state index in [2.05, 4.69) is 9.51 Å².